The van der Waals surface area contributed by atoms with Gasteiger partial charge in [0.2, 0.25) is 11.8 Å². The number of benzene rings is 1. The van der Waals surface area contributed by atoms with Crippen LogP contribution < -0.4 is 16.4 Å². The van der Waals surface area contributed by atoms with Gasteiger partial charge in [0.25, 0.3) is 0 Å². The third-order valence-electron chi connectivity index (χ3n) is 5.00. The van der Waals surface area contributed by atoms with Crippen LogP contribution in [0, 0.1) is 0 Å². The summed E-state index contributed by atoms with van der Waals surface area (Å²) in [4.78, 5) is 35.7. The highest BCUT2D eigenvalue weighted by atomic mass is 16.7. The second-order valence-corrected chi connectivity index (χ2v) is 7.65. The van der Waals surface area contributed by atoms with Gasteiger partial charge in [-0.05, 0) is 12.0 Å². The summed E-state index contributed by atoms with van der Waals surface area (Å²) in [5.41, 5.74) is 5.79. The number of hydrogen-bond acceptors (Lipinski definition) is 10. The molecule has 13 heteroatoms. The number of hydrogen-bond donors (Lipinski definition) is 7. The van der Waals surface area contributed by atoms with E-state index in [1.165, 1.54) is 0 Å². The van der Waals surface area contributed by atoms with Crippen molar-refractivity contribution in [2.75, 3.05) is 19.8 Å². The van der Waals surface area contributed by atoms with Crippen molar-refractivity contribution >= 4 is 17.9 Å². The number of alkyl carbamates (subject to hydrolysis) is 1. The van der Waals surface area contributed by atoms with Crippen LogP contribution in [0.25, 0.3) is 0 Å². The second-order valence-electron chi connectivity index (χ2n) is 7.65. The summed E-state index contributed by atoms with van der Waals surface area (Å²) < 4.78 is 15.7. The minimum absolute atomic E-state index is 0.0484. The number of carbonyl (C=O) groups excluding carboxylic acids is 3. The Balaban J connectivity index is 1.97. The highest BCUT2D eigenvalue weighted by molar-refractivity contribution is 5.85. The molecule has 0 spiro atoms. The Kier molecular flexibility index (Phi) is 11.1. The van der Waals surface area contributed by atoms with Gasteiger partial charge in [0.1, 0.15) is 37.1 Å². The summed E-state index contributed by atoms with van der Waals surface area (Å²) in [6.45, 7) is -1.12. The van der Waals surface area contributed by atoms with Gasteiger partial charge in [0.05, 0.1) is 13.2 Å². The minimum Gasteiger partial charge on any atom is -0.445 e. The molecule has 1 aromatic rings. The first-order valence-corrected chi connectivity index (χ1v) is 10.7. The van der Waals surface area contributed by atoms with Crippen molar-refractivity contribution in [3.05, 3.63) is 35.9 Å². The molecule has 0 saturated carbocycles. The highest BCUT2D eigenvalue weighted by Gasteiger charge is 2.44. The molecule has 0 aliphatic carbocycles. The molecule has 1 aliphatic rings. The van der Waals surface area contributed by atoms with Crippen LogP contribution in [-0.4, -0.2) is 94.8 Å². The van der Waals surface area contributed by atoms with E-state index in [4.69, 9.17) is 19.9 Å². The standard InChI is InChI=1S/C21H31N3O10/c22-15(26)7-4-8-23-19(30)13(24-21(31)33-10-12-5-2-1-3-6-12)11-32-20-18(29)17(28)16(27)14(9-25)34-20/h1-3,5-6,13-14,16-18,20,25,27-29H,4,7-11H2,(H2,22,26)(H,23,30)(H,24,31)/t13-,14+,16+,17-,18+,20+/m0/s1. The summed E-state index contributed by atoms with van der Waals surface area (Å²) in [5.74, 6) is -1.20. The molecule has 0 radical (unpaired) electrons. The molecule has 8 N–H and O–H groups in total. The van der Waals surface area contributed by atoms with Gasteiger partial charge in [-0.2, -0.15) is 0 Å². The fourth-order valence-corrected chi connectivity index (χ4v) is 3.08. The van der Waals surface area contributed by atoms with Gasteiger partial charge in [-0.3, -0.25) is 9.59 Å². The molecule has 13 nitrogen and oxygen atoms in total. The SMILES string of the molecule is NC(=O)CCCNC(=O)[C@H](CO[C@@H]1O[C@H](CO)[C@@H](O)[C@H](O)[C@H]1O)NC(=O)OCc1ccccc1. The quantitative estimate of drug-likeness (QED) is 0.154. The summed E-state index contributed by atoms with van der Waals surface area (Å²) in [7, 11) is 0. The number of aliphatic hydroxyl groups is 4. The Morgan fingerprint density at radius 2 is 1.79 bits per heavy atom. The van der Waals surface area contributed by atoms with Gasteiger partial charge in [-0.15, -0.1) is 0 Å². The van der Waals surface area contributed by atoms with E-state index in [1.54, 1.807) is 30.3 Å². The van der Waals surface area contributed by atoms with E-state index in [0.717, 1.165) is 5.56 Å². The van der Waals surface area contributed by atoms with E-state index in [-0.39, 0.29) is 26.0 Å². The average molecular weight is 485 g/mol. The zero-order valence-electron chi connectivity index (χ0n) is 18.4. The highest BCUT2D eigenvalue weighted by Crippen LogP contribution is 2.22. The summed E-state index contributed by atoms with van der Waals surface area (Å²) in [5, 5.41) is 44.0. The number of amides is 3. The van der Waals surface area contributed by atoms with Gasteiger partial charge in [-0.1, -0.05) is 30.3 Å². The molecule has 6 atom stereocenters. The first kappa shape index (κ1) is 27.4. The lowest BCUT2D eigenvalue weighted by Gasteiger charge is -2.39. The van der Waals surface area contributed by atoms with Crippen LogP contribution in [-0.2, 0) is 30.4 Å². The van der Waals surface area contributed by atoms with E-state index in [0.29, 0.717) is 0 Å². The normalized spacial score (nSPS) is 25.2. The molecule has 1 saturated heterocycles. The van der Waals surface area contributed by atoms with E-state index in [1.807, 2.05) is 0 Å². The monoisotopic (exact) mass is 485 g/mol. The molecule has 190 valence electrons. The van der Waals surface area contributed by atoms with E-state index in [9.17, 15) is 34.8 Å². The van der Waals surface area contributed by atoms with E-state index < -0.39 is 67.9 Å². The first-order valence-electron chi connectivity index (χ1n) is 10.7. The average Bonchev–Trinajstić information content (AvgIpc) is 2.83. The van der Waals surface area contributed by atoms with Gasteiger partial charge >= 0.3 is 6.09 Å². The zero-order chi connectivity index (χ0) is 25.1. The maximum Gasteiger partial charge on any atom is 0.408 e. The van der Waals surface area contributed by atoms with Crippen molar-refractivity contribution in [2.45, 2.75) is 56.2 Å². The number of carbonyl (C=O) groups is 3. The third-order valence-corrected chi connectivity index (χ3v) is 5.00. The smallest absolute Gasteiger partial charge is 0.408 e. The fraction of sp³-hybridized carbons (Fsp3) is 0.571. The number of nitrogens with two attached hydrogens (primary N) is 1. The Morgan fingerprint density at radius 1 is 1.09 bits per heavy atom. The predicted molar refractivity (Wildman–Crippen MR) is 115 cm³/mol. The molecule has 34 heavy (non-hydrogen) atoms. The largest absolute Gasteiger partial charge is 0.445 e. The van der Waals surface area contributed by atoms with E-state index in [2.05, 4.69) is 10.6 Å². The number of rotatable bonds is 12. The maximum atomic E-state index is 12.6. The summed E-state index contributed by atoms with van der Waals surface area (Å²) in [6, 6.07) is 7.54. The predicted octanol–water partition coefficient (Wildman–Crippen LogP) is -2.52. The van der Waals surface area contributed by atoms with E-state index >= 15 is 0 Å². The number of nitrogens with one attached hydrogen (secondary N) is 2. The lowest BCUT2D eigenvalue weighted by atomic mass is 9.99. The molecule has 0 unspecified atom stereocenters. The maximum absolute atomic E-state index is 12.6. The third kappa shape index (κ3) is 8.52. The van der Waals surface area contributed by atoms with Crippen molar-refractivity contribution in [3.8, 4) is 0 Å². The van der Waals surface area contributed by atoms with Gasteiger partial charge in [-0.25, -0.2) is 4.79 Å². The van der Waals surface area contributed by atoms with Crippen molar-refractivity contribution in [3.63, 3.8) is 0 Å². The molecule has 2 rings (SSSR count). The number of primary amides is 1. The molecular formula is C21H31N3O10. The van der Waals surface area contributed by atoms with Crippen LogP contribution in [0.2, 0.25) is 0 Å². The van der Waals surface area contributed by atoms with Gasteiger partial charge in [0, 0.05) is 13.0 Å². The molecule has 1 aromatic carbocycles. The van der Waals surface area contributed by atoms with Crippen LogP contribution in [0.1, 0.15) is 18.4 Å². The van der Waals surface area contributed by atoms with Crippen LogP contribution in [0.4, 0.5) is 4.79 Å². The first-order chi connectivity index (χ1) is 16.2. The van der Waals surface area contributed by atoms with Crippen LogP contribution in [0.15, 0.2) is 30.3 Å². The lowest BCUT2D eigenvalue weighted by molar-refractivity contribution is -0.301. The Morgan fingerprint density at radius 3 is 2.44 bits per heavy atom. The molecule has 0 bridgehead atoms. The van der Waals surface area contributed by atoms with Crippen LogP contribution in [0.3, 0.4) is 0 Å². The number of ether oxygens (including phenoxy) is 3. The minimum atomic E-state index is -1.68. The Labute approximate surface area is 195 Å². The van der Waals surface area contributed by atoms with Crippen molar-refractivity contribution in [1.82, 2.24) is 10.6 Å². The van der Waals surface area contributed by atoms with Crippen molar-refractivity contribution in [1.29, 1.82) is 0 Å². The van der Waals surface area contributed by atoms with Crippen LogP contribution >= 0.6 is 0 Å². The lowest BCUT2D eigenvalue weighted by Crippen LogP contribution is -2.60. The number of aliphatic hydroxyl groups excluding tert-OH is 4. The Bertz CT molecular complexity index is 794. The topological polar surface area (TPSA) is 210 Å². The molecule has 1 fully saturated rings. The summed E-state index contributed by atoms with van der Waals surface area (Å²) >= 11 is 0. The van der Waals surface area contributed by atoms with Gasteiger partial charge < -0.3 is 51.0 Å². The molecule has 1 aliphatic heterocycles. The summed E-state index contributed by atoms with van der Waals surface area (Å²) in [6.07, 6.45) is -8.20. The molecule has 3 amide bonds. The second kappa shape index (κ2) is 13.8. The molecule has 0 aromatic heterocycles. The molecule has 1 heterocycles. The van der Waals surface area contributed by atoms with Crippen molar-refractivity contribution < 1.29 is 49.0 Å². The van der Waals surface area contributed by atoms with Gasteiger partial charge in [0.15, 0.2) is 6.29 Å². The van der Waals surface area contributed by atoms with Crippen LogP contribution in [0.5, 0.6) is 0 Å². The van der Waals surface area contributed by atoms with Crippen molar-refractivity contribution in [2.24, 2.45) is 5.73 Å². The molecular weight excluding hydrogens is 454 g/mol. The Hall–Kier alpha value is -2.81. The zero-order valence-corrected chi connectivity index (χ0v) is 18.4. The fourth-order valence-electron chi connectivity index (χ4n) is 3.08.